The first-order chi connectivity index (χ1) is 16.1. The molecule has 8 heteroatoms. The number of fused-ring (bicyclic) bond motifs is 1. The van der Waals surface area contributed by atoms with Crippen molar-refractivity contribution in [3.63, 3.8) is 0 Å². The van der Waals surface area contributed by atoms with Crippen molar-refractivity contribution >= 4 is 16.9 Å². The van der Waals surface area contributed by atoms with Crippen LogP contribution in [0.25, 0.3) is 33.4 Å². The van der Waals surface area contributed by atoms with Gasteiger partial charge in [0.05, 0.1) is 29.5 Å². The number of nitrogens with zero attached hydrogens (tertiary/aromatic N) is 4. The molecule has 1 amide bonds. The molecule has 0 saturated heterocycles. The third kappa shape index (κ3) is 4.23. The number of benzene rings is 2. The van der Waals surface area contributed by atoms with E-state index < -0.39 is 0 Å². The third-order valence-corrected chi connectivity index (χ3v) is 5.42. The molecule has 0 saturated carbocycles. The quantitative estimate of drug-likeness (QED) is 0.411. The van der Waals surface area contributed by atoms with E-state index >= 15 is 0 Å². The second-order valence-corrected chi connectivity index (χ2v) is 7.68. The Morgan fingerprint density at radius 3 is 2.64 bits per heavy atom. The van der Waals surface area contributed by atoms with Gasteiger partial charge < -0.3 is 10.3 Å². The van der Waals surface area contributed by atoms with E-state index in [1.54, 1.807) is 42.9 Å². The van der Waals surface area contributed by atoms with Gasteiger partial charge in [-0.05, 0) is 67.1 Å². The number of H-pyrrole nitrogens is 1. The van der Waals surface area contributed by atoms with Crippen LogP contribution in [0, 0.1) is 12.7 Å². The van der Waals surface area contributed by atoms with Gasteiger partial charge in [-0.1, -0.05) is 0 Å². The Bertz CT molecular complexity index is 1420. The molecule has 33 heavy (non-hydrogen) atoms. The van der Waals surface area contributed by atoms with E-state index in [0.717, 1.165) is 39.2 Å². The zero-order valence-electron chi connectivity index (χ0n) is 17.9. The van der Waals surface area contributed by atoms with Crippen molar-refractivity contribution in [3.05, 3.63) is 90.4 Å². The van der Waals surface area contributed by atoms with Gasteiger partial charge in [-0.2, -0.15) is 5.10 Å². The van der Waals surface area contributed by atoms with E-state index in [0.29, 0.717) is 18.7 Å². The summed E-state index contributed by atoms with van der Waals surface area (Å²) in [6.07, 6.45) is 5.23. The van der Waals surface area contributed by atoms with Crippen molar-refractivity contribution in [1.82, 2.24) is 30.0 Å². The average Bonchev–Trinajstić information content (AvgIpc) is 3.42. The third-order valence-electron chi connectivity index (χ3n) is 5.42. The molecule has 0 aliphatic rings. The second kappa shape index (κ2) is 8.66. The smallest absolute Gasteiger partial charge is 0.251 e. The summed E-state index contributed by atoms with van der Waals surface area (Å²) in [4.78, 5) is 24.3. The molecule has 0 spiro atoms. The largest absolute Gasteiger partial charge is 0.350 e. The summed E-state index contributed by atoms with van der Waals surface area (Å²) in [5.41, 5.74) is 5.78. The molecular formula is C25H21FN6O. The second-order valence-electron chi connectivity index (χ2n) is 7.68. The monoisotopic (exact) mass is 440 g/mol. The van der Waals surface area contributed by atoms with Crippen LogP contribution in [-0.4, -0.2) is 37.2 Å². The van der Waals surface area contributed by atoms with E-state index in [1.165, 1.54) is 12.1 Å². The Hall–Kier alpha value is -4.33. The highest BCUT2D eigenvalue weighted by atomic mass is 19.1. The van der Waals surface area contributed by atoms with Crippen LogP contribution in [0.4, 0.5) is 4.39 Å². The summed E-state index contributed by atoms with van der Waals surface area (Å²) >= 11 is 0. The minimum Gasteiger partial charge on any atom is -0.350 e. The number of imidazole rings is 1. The lowest BCUT2D eigenvalue weighted by atomic mass is 10.0. The molecule has 2 N–H and O–H groups in total. The Morgan fingerprint density at radius 1 is 1.06 bits per heavy atom. The van der Waals surface area contributed by atoms with Crippen molar-refractivity contribution in [3.8, 4) is 22.4 Å². The normalized spacial score (nSPS) is 11.1. The zero-order chi connectivity index (χ0) is 22.8. The number of rotatable bonds is 6. The molecule has 7 nitrogen and oxygen atoms in total. The molecular weight excluding hydrogens is 419 g/mol. The van der Waals surface area contributed by atoms with Crippen molar-refractivity contribution in [2.24, 2.45) is 0 Å². The summed E-state index contributed by atoms with van der Waals surface area (Å²) in [7, 11) is 0. The fourth-order valence-corrected chi connectivity index (χ4v) is 3.87. The maximum atomic E-state index is 13.5. The standard InChI is InChI=1S/C25H21FN6O/c1-16-30-22-7-4-19(14-23(22)31-16)25(33)28-12-13-32-24(18-2-5-20(26)6-3-18)21(15-29-32)17-8-10-27-11-9-17/h2-11,14-15H,12-13H2,1H3,(H,28,33)(H,30,31). The summed E-state index contributed by atoms with van der Waals surface area (Å²) in [6.45, 7) is 2.71. The first kappa shape index (κ1) is 20.6. The van der Waals surface area contributed by atoms with Gasteiger partial charge in [0.1, 0.15) is 11.6 Å². The lowest BCUT2D eigenvalue weighted by molar-refractivity contribution is 0.0952. The molecule has 0 unspecified atom stereocenters. The van der Waals surface area contributed by atoms with Crippen LogP contribution in [0.1, 0.15) is 16.2 Å². The van der Waals surface area contributed by atoms with Crippen LogP contribution in [-0.2, 0) is 6.54 Å². The fourth-order valence-electron chi connectivity index (χ4n) is 3.87. The zero-order valence-corrected chi connectivity index (χ0v) is 17.9. The van der Waals surface area contributed by atoms with Crippen LogP contribution >= 0.6 is 0 Å². The maximum Gasteiger partial charge on any atom is 0.251 e. The van der Waals surface area contributed by atoms with Crippen LogP contribution in [0.5, 0.6) is 0 Å². The van der Waals surface area contributed by atoms with Crippen molar-refractivity contribution in [1.29, 1.82) is 0 Å². The van der Waals surface area contributed by atoms with Gasteiger partial charge in [-0.15, -0.1) is 0 Å². The molecule has 164 valence electrons. The number of aryl methyl sites for hydroxylation is 1. The summed E-state index contributed by atoms with van der Waals surface area (Å²) in [5, 5.41) is 7.49. The number of carbonyl (C=O) groups is 1. The van der Waals surface area contributed by atoms with Gasteiger partial charge >= 0.3 is 0 Å². The molecule has 0 fully saturated rings. The Kier molecular flexibility index (Phi) is 5.40. The Morgan fingerprint density at radius 2 is 1.85 bits per heavy atom. The van der Waals surface area contributed by atoms with Gasteiger partial charge in [-0.3, -0.25) is 14.5 Å². The SMILES string of the molecule is Cc1nc2ccc(C(=O)NCCn3ncc(-c4ccncc4)c3-c3ccc(F)cc3)cc2[nH]1. The van der Waals surface area contributed by atoms with E-state index in [1.807, 2.05) is 29.8 Å². The molecule has 3 heterocycles. The van der Waals surface area contributed by atoms with E-state index in [9.17, 15) is 9.18 Å². The van der Waals surface area contributed by atoms with Crippen molar-refractivity contribution in [2.75, 3.05) is 6.54 Å². The highest BCUT2D eigenvalue weighted by Crippen LogP contribution is 2.32. The van der Waals surface area contributed by atoms with Crippen LogP contribution in [0.15, 0.2) is 73.2 Å². The number of pyridine rings is 1. The summed E-state index contributed by atoms with van der Waals surface area (Å²) in [6, 6.07) is 15.5. The minimum absolute atomic E-state index is 0.172. The average molecular weight is 440 g/mol. The Balaban J connectivity index is 1.37. The molecule has 0 bridgehead atoms. The van der Waals surface area contributed by atoms with Crippen molar-refractivity contribution < 1.29 is 9.18 Å². The van der Waals surface area contributed by atoms with Crippen LogP contribution in [0.3, 0.4) is 0 Å². The fraction of sp³-hybridized carbons (Fsp3) is 0.120. The number of aromatic nitrogens is 5. The number of aromatic amines is 1. The van der Waals surface area contributed by atoms with Gasteiger partial charge in [0.15, 0.2) is 0 Å². The van der Waals surface area contributed by atoms with Gasteiger partial charge in [0.25, 0.3) is 5.91 Å². The maximum absolute atomic E-state index is 13.5. The predicted octanol–water partition coefficient (Wildman–Crippen LogP) is 4.37. The molecule has 0 aliphatic heterocycles. The predicted molar refractivity (Wildman–Crippen MR) is 124 cm³/mol. The number of amides is 1. The Labute approximate surface area is 189 Å². The van der Waals surface area contributed by atoms with Gasteiger partial charge in [0, 0.05) is 35.6 Å². The number of nitrogens with one attached hydrogen (secondary N) is 2. The van der Waals surface area contributed by atoms with Crippen molar-refractivity contribution in [2.45, 2.75) is 13.5 Å². The van der Waals surface area contributed by atoms with Crippen LogP contribution < -0.4 is 5.32 Å². The number of carbonyl (C=O) groups excluding carboxylic acids is 1. The molecule has 5 aromatic rings. The molecule has 3 aromatic heterocycles. The molecule has 0 radical (unpaired) electrons. The van der Waals surface area contributed by atoms with E-state index in [2.05, 4.69) is 25.4 Å². The first-order valence-electron chi connectivity index (χ1n) is 10.6. The number of halogens is 1. The lowest BCUT2D eigenvalue weighted by Crippen LogP contribution is -2.27. The molecule has 5 rings (SSSR count). The number of hydrogen-bond donors (Lipinski definition) is 2. The highest BCUT2D eigenvalue weighted by molar-refractivity contribution is 5.97. The van der Waals surface area contributed by atoms with Gasteiger partial charge in [-0.25, -0.2) is 9.37 Å². The van der Waals surface area contributed by atoms with E-state index in [4.69, 9.17) is 0 Å². The topological polar surface area (TPSA) is 88.5 Å². The summed E-state index contributed by atoms with van der Waals surface area (Å²) < 4.78 is 15.3. The summed E-state index contributed by atoms with van der Waals surface area (Å²) in [5.74, 6) is 0.334. The molecule has 0 atom stereocenters. The van der Waals surface area contributed by atoms with Crippen LogP contribution in [0.2, 0.25) is 0 Å². The molecule has 0 aliphatic carbocycles. The van der Waals surface area contributed by atoms with E-state index in [-0.39, 0.29) is 11.7 Å². The van der Waals surface area contributed by atoms with Gasteiger partial charge in [0.2, 0.25) is 0 Å². The highest BCUT2D eigenvalue weighted by Gasteiger charge is 2.15. The first-order valence-corrected chi connectivity index (χ1v) is 10.6. The number of hydrogen-bond acceptors (Lipinski definition) is 4. The lowest BCUT2D eigenvalue weighted by Gasteiger charge is -2.11. The molecule has 2 aromatic carbocycles. The minimum atomic E-state index is -0.299.